The summed E-state index contributed by atoms with van der Waals surface area (Å²) in [6, 6.07) is 11.6. The summed E-state index contributed by atoms with van der Waals surface area (Å²) < 4.78 is 34.8. The van der Waals surface area contributed by atoms with E-state index < -0.39 is 11.6 Å². The fourth-order valence-corrected chi connectivity index (χ4v) is 3.41. The lowest BCUT2D eigenvalue weighted by Gasteiger charge is -2.18. The molecule has 3 rings (SSSR count). The maximum Gasteiger partial charge on any atom is 0.198 e. The summed E-state index contributed by atoms with van der Waals surface area (Å²) in [6.07, 6.45) is 6.28. The Labute approximate surface area is 159 Å². The molecule has 0 fully saturated rings. The Morgan fingerprint density at radius 3 is 2.52 bits per heavy atom. The van der Waals surface area contributed by atoms with Crippen molar-refractivity contribution in [3.8, 4) is 11.5 Å². The van der Waals surface area contributed by atoms with Gasteiger partial charge in [0.05, 0.1) is 0 Å². The van der Waals surface area contributed by atoms with Gasteiger partial charge in [-0.1, -0.05) is 38.1 Å². The summed E-state index contributed by atoms with van der Waals surface area (Å²) in [7, 11) is 0. The highest BCUT2D eigenvalue weighted by Gasteiger charge is 2.22. The molecule has 1 unspecified atom stereocenters. The predicted molar refractivity (Wildman–Crippen MR) is 106 cm³/mol. The monoisotopic (exact) mass is 369 g/mol. The molecule has 0 saturated heterocycles. The number of ether oxygens (including phenoxy) is 1. The summed E-state index contributed by atoms with van der Waals surface area (Å²) in [4.78, 5) is 4.41. The summed E-state index contributed by atoms with van der Waals surface area (Å²) in [5.41, 5.74) is 3.00. The molecule has 27 heavy (non-hydrogen) atoms. The Hall–Kier alpha value is -2.49. The second kappa shape index (κ2) is 8.94. The van der Waals surface area contributed by atoms with Crippen molar-refractivity contribution >= 4 is 5.71 Å². The molecule has 0 aliphatic carbocycles. The van der Waals surface area contributed by atoms with Gasteiger partial charge in [-0.3, -0.25) is 4.99 Å². The van der Waals surface area contributed by atoms with Gasteiger partial charge in [-0.25, -0.2) is 8.78 Å². The first-order chi connectivity index (χ1) is 13.1. The molecule has 1 aliphatic heterocycles. The number of hydrogen-bond acceptors (Lipinski definition) is 2. The lowest BCUT2D eigenvalue weighted by molar-refractivity contribution is 0.399. The Kier molecular flexibility index (Phi) is 6.38. The first-order valence-corrected chi connectivity index (χ1v) is 9.56. The predicted octanol–water partition coefficient (Wildman–Crippen LogP) is 7.17. The van der Waals surface area contributed by atoms with E-state index in [1.54, 1.807) is 30.3 Å². The Bertz CT molecular complexity index is 843. The van der Waals surface area contributed by atoms with Gasteiger partial charge in [0, 0.05) is 18.3 Å². The van der Waals surface area contributed by atoms with Gasteiger partial charge in [0.2, 0.25) is 0 Å². The molecule has 2 aromatic carbocycles. The normalized spacial score (nSPS) is 14.7. The van der Waals surface area contributed by atoms with Crippen molar-refractivity contribution in [1.82, 2.24) is 0 Å². The van der Waals surface area contributed by atoms with Gasteiger partial charge in [-0.15, -0.1) is 0 Å². The van der Waals surface area contributed by atoms with Crippen LogP contribution in [0.4, 0.5) is 8.78 Å². The van der Waals surface area contributed by atoms with Crippen LogP contribution in [0, 0.1) is 11.6 Å². The highest BCUT2D eigenvalue weighted by Crippen LogP contribution is 2.36. The van der Waals surface area contributed by atoms with Crippen LogP contribution in [0.15, 0.2) is 59.2 Å². The minimum absolute atomic E-state index is 0.00954. The number of para-hydroxylation sites is 1. The van der Waals surface area contributed by atoms with E-state index in [9.17, 15) is 4.39 Å². The third-order valence-electron chi connectivity index (χ3n) is 5.06. The van der Waals surface area contributed by atoms with E-state index in [2.05, 4.69) is 11.9 Å². The van der Waals surface area contributed by atoms with Gasteiger partial charge >= 0.3 is 0 Å². The molecule has 0 amide bonds. The molecule has 4 heteroatoms. The van der Waals surface area contributed by atoms with Gasteiger partial charge in [0.25, 0.3) is 0 Å². The second-order valence-electron chi connectivity index (χ2n) is 6.85. The molecule has 2 nitrogen and oxygen atoms in total. The zero-order valence-electron chi connectivity index (χ0n) is 15.8. The Balaban J connectivity index is 1.75. The summed E-state index contributed by atoms with van der Waals surface area (Å²) in [5, 5.41) is 0. The number of benzene rings is 2. The smallest absolute Gasteiger partial charge is 0.198 e. The van der Waals surface area contributed by atoms with Crippen LogP contribution in [-0.2, 0) is 0 Å². The lowest BCUT2D eigenvalue weighted by Crippen LogP contribution is -2.05. The van der Waals surface area contributed by atoms with E-state index >= 15 is 4.39 Å². The fraction of sp³-hybridized carbons (Fsp3) is 0.348. The van der Waals surface area contributed by atoms with E-state index in [4.69, 9.17) is 4.74 Å². The summed E-state index contributed by atoms with van der Waals surface area (Å²) in [5.74, 6) is -1.18. The molecule has 1 aliphatic rings. The third kappa shape index (κ3) is 4.62. The summed E-state index contributed by atoms with van der Waals surface area (Å²) in [6.45, 7) is 4.13. The van der Waals surface area contributed by atoms with Crippen molar-refractivity contribution in [3.05, 3.63) is 71.4 Å². The van der Waals surface area contributed by atoms with Crippen molar-refractivity contribution in [2.45, 2.75) is 51.9 Å². The minimum Gasteiger partial charge on any atom is -0.451 e. The minimum atomic E-state index is -0.686. The molecule has 0 radical (unpaired) electrons. The van der Waals surface area contributed by atoms with E-state index in [1.165, 1.54) is 17.4 Å². The molecule has 0 saturated carbocycles. The number of rotatable bonds is 8. The van der Waals surface area contributed by atoms with Crippen LogP contribution >= 0.6 is 0 Å². The average molecular weight is 369 g/mol. The molecule has 0 N–H and O–H groups in total. The van der Waals surface area contributed by atoms with Gasteiger partial charge in [-0.05, 0) is 60.9 Å². The Morgan fingerprint density at radius 1 is 1.07 bits per heavy atom. The van der Waals surface area contributed by atoms with Crippen LogP contribution in [0.2, 0.25) is 0 Å². The molecule has 142 valence electrons. The van der Waals surface area contributed by atoms with Crippen molar-refractivity contribution in [3.63, 3.8) is 0 Å². The molecule has 0 spiro atoms. The van der Waals surface area contributed by atoms with Crippen molar-refractivity contribution < 1.29 is 13.5 Å². The quantitative estimate of drug-likeness (QED) is 0.483. The molecule has 2 aromatic rings. The zero-order valence-corrected chi connectivity index (χ0v) is 15.8. The van der Waals surface area contributed by atoms with E-state index in [0.29, 0.717) is 11.3 Å². The number of hydrogen-bond donors (Lipinski definition) is 0. The maximum absolute atomic E-state index is 15.1. The van der Waals surface area contributed by atoms with Crippen LogP contribution in [0.1, 0.15) is 57.4 Å². The lowest BCUT2D eigenvalue weighted by atomic mass is 9.89. The SMILES string of the molecule is CCC1=NC=C(CCC(CC)c2ccc(F)c(Oc3ccccc3)c2F)C1. The molecule has 0 aromatic heterocycles. The first kappa shape index (κ1) is 19.3. The molecular weight excluding hydrogens is 344 g/mol. The zero-order chi connectivity index (χ0) is 19.2. The topological polar surface area (TPSA) is 21.6 Å². The second-order valence-corrected chi connectivity index (χ2v) is 6.85. The molecular formula is C23H25F2NO. The van der Waals surface area contributed by atoms with E-state index in [-0.39, 0.29) is 11.7 Å². The van der Waals surface area contributed by atoms with Crippen LogP contribution in [-0.4, -0.2) is 5.71 Å². The van der Waals surface area contributed by atoms with Gasteiger partial charge in [-0.2, -0.15) is 0 Å². The maximum atomic E-state index is 15.1. The Morgan fingerprint density at radius 2 is 1.85 bits per heavy atom. The van der Waals surface area contributed by atoms with E-state index in [0.717, 1.165) is 32.1 Å². The average Bonchev–Trinajstić information content (AvgIpc) is 3.16. The third-order valence-corrected chi connectivity index (χ3v) is 5.06. The molecule has 1 atom stereocenters. The van der Waals surface area contributed by atoms with Crippen LogP contribution in [0.5, 0.6) is 11.5 Å². The number of halogens is 2. The number of aliphatic imine (C=N–C) groups is 1. The van der Waals surface area contributed by atoms with Crippen LogP contribution in [0.25, 0.3) is 0 Å². The first-order valence-electron chi connectivity index (χ1n) is 9.56. The van der Waals surface area contributed by atoms with E-state index in [1.807, 2.05) is 19.2 Å². The highest BCUT2D eigenvalue weighted by atomic mass is 19.1. The summed E-state index contributed by atoms with van der Waals surface area (Å²) >= 11 is 0. The van der Waals surface area contributed by atoms with Gasteiger partial charge < -0.3 is 4.74 Å². The number of allylic oxidation sites excluding steroid dienone is 1. The van der Waals surface area contributed by atoms with Gasteiger partial charge in [0.1, 0.15) is 5.75 Å². The number of nitrogens with zero attached hydrogens (tertiary/aromatic N) is 1. The largest absolute Gasteiger partial charge is 0.451 e. The van der Waals surface area contributed by atoms with Crippen LogP contribution < -0.4 is 4.74 Å². The standard InChI is InChI=1S/C23H25F2NO/c1-3-17(11-10-16-14-18(4-2)26-15-16)20-12-13-21(24)23(22(20)25)27-19-8-6-5-7-9-19/h5-9,12-13,15,17H,3-4,10-11,14H2,1-2H3. The highest BCUT2D eigenvalue weighted by molar-refractivity contribution is 5.88. The molecule has 1 heterocycles. The van der Waals surface area contributed by atoms with Crippen molar-refractivity contribution in [2.24, 2.45) is 4.99 Å². The van der Waals surface area contributed by atoms with Gasteiger partial charge in [0.15, 0.2) is 17.4 Å². The van der Waals surface area contributed by atoms with Crippen molar-refractivity contribution in [1.29, 1.82) is 0 Å². The molecule has 0 bridgehead atoms. The van der Waals surface area contributed by atoms with Crippen LogP contribution in [0.3, 0.4) is 0 Å². The fourth-order valence-electron chi connectivity index (χ4n) is 3.41. The van der Waals surface area contributed by atoms with Crippen molar-refractivity contribution in [2.75, 3.05) is 0 Å².